The molecule has 1 spiro atoms. The normalized spacial score (nSPS) is 22.4. The van der Waals surface area contributed by atoms with E-state index < -0.39 is 5.41 Å². The molecule has 0 bridgehead atoms. The summed E-state index contributed by atoms with van der Waals surface area (Å²) in [6.07, 6.45) is 4.55. The Hall–Kier alpha value is -1.59. The molecule has 1 N–H and O–H groups in total. The maximum atomic E-state index is 13.1. The fraction of sp³-hybridized carbons (Fsp3) is 0.579. The Morgan fingerprint density at radius 3 is 2.72 bits per heavy atom. The fourth-order valence-electron chi connectivity index (χ4n) is 4.07. The number of phenols is 1. The Morgan fingerprint density at radius 1 is 1.24 bits per heavy atom. The van der Waals surface area contributed by atoms with Gasteiger partial charge in [-0.1, -0.05) is 6.07 Å². The number of likely N-dealkylation sites (tertiary alicyclic amines) is 1. The first kappa shape index (κ1) is 19.7. The van der Waals surface area contributed by atoms with Crippen LogP contribution in [0.5, 0.6) is 5.75 Å². The van der Waals surface area contributed by atoms with Gasteiger partial charge in [0.25, 0.3) is 0 Å². The van der Waals surface area contributed by atoms with Gasteiger partial charge in [0.1, 0.15) is 5.75 Å². The summed E-state index contributed by atoms with van der Waals surface area (Å²) in [7, 11) is 4.04. The van der Waals surface area contributed by atoms with Crippen LogP contribution in [0.15, 0.2) is 18.2 Å². The van der Waals surface area contributed by atoms with Crippen LogP contribution in [0.25, 0.3) is 0 Å². The molecule has 1 heterocycles. The molecule has 5 nitrogen and oxygen atoms in total. The molecule has 0 saturated carbocycles. The third-order valence-corrected chi connectivity index (χ3v) is 5.30. The van der Waals surface area contributed by atoms with Gasteiger partial charge in [0.05, 0.1) is 5.41 Å². The molecule has 25 heavy (non-hydrogen) atoms. The number of halogens is 1. The van der Waals surface area contributed by atoms with Crippen molar-refractivity contribution in [1.82, 2.24) is 9.80 Å². The zero-order valence-electron chi connectivity index (χ0n) is 15.0. The Labute approximate surface area is 155 Å². The molecule has 0 radical (unpaired) electrons. The monoisotopic (exact) mass is 366 g/mol. The Morgan fingerprint density at radius 2 is 2.00 bits per heavy atom. The third-order valence-electron chi connectivity index (χ3n) is 5.30. The average molecular weight is 367 g/mol. The van der Waals surface area contributed by atoms with Gasteiger partial charge >= 0.3 is 0 Å². The predicted octanol–water partition coefficient (Wildman–Crippen LogP) is 2.49. The van der Waals surface area contributed by atoms with Gasteiger partial charge < -0.3 is 10.0 Å². The molecule has 1 fully saturated rings. The first-order chi connectivity index (χ1) is 11.4. The number of hydrogen-bond acceptors (Lipinski definition) is 4. The number of carbonyl (C=O) groups is 2. The Balaban J connectivity index is 0.00000225. The van der Waals surface area contributed by atoms with E-state index in [9.17, 15) is 14.7 Å². The van der Waals surface area contributed by atoms with Crippen LogP contribution >= 0.6 is 12.4 Å². The highest BCUT2D eigenvalue weighted by molar-refractivity contribution is 6.09. The summed E-state index contributed by atoms with van der Waals surface area (Å²) in [6.45, 7) is 1.46. The zero-order valence-corrected chi connectivity index (χ0v) is 15.8. The summed E-state index contributed by atoms with van der Waals surface area (Å²) in [5.74, 6) is 0.0321. The standard InChI is InChI=1S/C19H26N2O3.ClH/c1-20(2)10-3-4-11-21-17(23)13-19(18(21)24)9-5-6-14-7-8-15(22)12-16(14)19;/h7-8,12,22H,3-6,9-11,13H2,1-2H3;1H. The van der Waals surface area contributed by atoms with Crippen LogP contribution in [0.1, 0.15) is 43.2 Å². The Bertz CT molecular complexity index is 662. The van der Waals surface area contributed by atoms with Crippen molar-refractivity contribution in [2.75, 3.05) is 27.2 Å². The van der Waals surface area contributed by atoms with E-state index >= 15 is 0 Å². The first-order valence-corrected chi connectivity index (χ1v) is 8.76. The van der Waals surface area contributed by atoms with E-state index in [0.29, 0.717) is 13.0 Å². The van der Waals surface area contributed by atoms with Crippen LogP contribution < -0.4 is 0 Å². The van der Waals surface area contributed by atoms with Gasteiger partial charge in [-0.2, -0.15) is 0 Å². The van der Waals surface area contributed by atoms with Crippen molar-refractivity contribution in [3.8, 4) is 5.75 Å². The fourth-order valence-corrected chi connectivity index (χ4v) is 4.07. The number of carbonyl (C=O) groups excluding carboxylic acids is 2. The second-order valence-electron chi connectivity index (χ2n) is 7.31. The van der Waals surface area contributed by atoms with E-state index in [1.54, 1.807) is 12.1 Å². The van der Waals surface area contributed by atoms with Gasteiger partial charge in [0, 0.05) is 13.0 Å². The molecule has 1 atom stereocenters. The number of aromatic hydroxyl groups is 1. The molecule has 2 amide bonds. The van der Waals surface area contributed by atoms with Crippen molar-refractivity contribution in [3.05, 3.63) is 29.3 Å². The first-order valence-electron chi connectivity index (χ1n) is 8.76. The number of fused-ring (bicyclic) bond motifs is 2. The van der Waals surface area contributed by atoms with E-state index in [2.05, 4.69) is 4.90 Å². The topological polar surface area (TPSA) is 60.9 Å². The lowest BCUT2D eigenvalue weighted by Crippen LogP contribution is -2.41. The van der Waals surface area contributed by atoms with Crippen LogP contribution in [-0.4, -0.2) is 53.9 Å². The number of rotatable bonds is 5. The number of nitrogens with zero attached hydrogens (tertiary/aromatic N) is 2. The molecule has 0 aromatic heterocycles. The molecule has 1 unspecified atom stereocenters. The van der Waals surface area contributed by atoms with Gasteiger partial charge in [0.2, 0.25) is 11.8 Å². The van der Waals surface area contributed by atoms with Crippen LogP contribution in [-0.2, 0) is 21.4 Å². The van der Waals surface area contributed by atoms with Gasteiger partial charge in [-0.05, 0) is 76.0 Å². The second-order valence-corrected chi connectivity index (χ2v) is 7.31. The number of phenolic OH excluding ortho intramolecular Hbond substituents is 1. The largest absolute Gasteiger partial charge is 0.508 e. The summed E-state index contributed by atoms with van der Waals surface area (Å²) >= 11 is 0. The molecule has 138 valence electrons. The van der Waals surface area contributed by atoms with Crippen molar-refractivity contribution in [2.45, 2.75) is 43.9 Å². The number of hydrogen-bond donors (Lipinski definition) is 1. The van der Waals surface area contributed by atoms with Gasteiger partial charge in [0.15, 0.2) is 0 Å². The van der Waals surface area contributed by atoms with Gasteiger partial charge in [-0.25, -0.2) is 0 Å². The zero-order chi connectivity index (χ0) is 17.3. The average Bonchev–Trinajstić information content (AvgIpc) is 2.76. The van der Waals surface area contributed by atoms with Gasteiger partial charge in [-0.15, -0.1) is 12.4 Å². The number of unbranched alkanes of at least 4 members (excludes halogenated alkanes) is 1. The third kappa shape index (κ3) is 3.67. The molecular weight excluding hydrogens is 340 g/mol. The molecule has 1 aromatic carbocycles. The minimum Gasteiger partial charge on any atom is -0.508 e. The van der Waals surface area contributed by atoms with Crippen molar-refractivity contribution < 1.29 is 14.7 Å². The minimum atomic E-state index is -0.745. The highest BCUT2D eigenvalue weighted by atomic mass is 35.5. The van der Waals surface area contributed by atoms with Gasteiger partial charge in [-0.3, -0.25) is 14.5 Å². The smallest absolute Gasteiger partial charge is 0.240 e. The molecule has 1 aromatic rings. The van der Waals surface area contributed by atoms with Crippen molar-refractivity contribution in [1.29, 1.82) is 0 Å². The van der Waals surface area contributed by atoms with Crippen LogP contribution in [0.4, 0.5) is 0 Å². The lowest BCUT2D eigenvalue weighted by atomic mass is 9.69. The molecule has 2 aliphatic rings. The van der Waals surface area contributed by atoms with Crippen molar-refractivity contribution >= 4 is 24.2 Å². The SMILES string of the molecule is CN(C)CCCCN1C(=O)CC2(CCCc3ccc(O)cc32)C1=O.Cl. The number of benzene rings is 1. The molecular formula is C19H27ClN2O3. The summed E-state index contributed by atoms with van der Waals surface area (Å²) in [4.78, 5) is 29.2. The molecule has 1 aliphatic heterocycles. The van der Waals surface area contributed by atoms with Crippen LogP contribution in [0.3, 0.4) is 0 Å². The molecule has 1 saturated heterocycles. The molecule has 6 heteroatoms. The highest BCUT2D eigenvalue weighted by Gasteiger charge is 2.53. The summed E-state index contributed by atoms with van der Waals surface area (Å²) in [6, 6.07) is 5.25. The van der Waals surface area contributed by atoms with E-state index in [1.807, 2.05) is 20.2 Å². The molecule has 3 rings (SSSR count). The Kier molecular flexibility index (Phi) is 6.12. The number of amides is 2. The maximum Gasteiger partial charge on any atom is 0.240 e. The number of aryl methyl sites for hydroxylation is 1. The number of imide groups is 1. The highest BCUT2D eigenvalue weighted by Crippen LogP contribution is 2.46. The summed E-state index contributed by atoms with van der Waals surface area (Å²) in [5.41, 5.74) is 1.21. The van der Waals surface area contributed by atoms with Crippen molar-refractivity contribution in [3.63, 3.8) is 0 Å². The van der Waals surface area contributed by atoms with Crippen LogP contribution in [0.2, 0.25) is 0 Å². The van der Waals surface area contributed by atoms with E-state index in [4.69, 9.17) is 0 Å². The van der Waals surface area contributed by atoms with E-state index in [1.165, 1.54) is 4.90 Å². The maximum absolute atomic E-state index is 13.1. The second kappa shape index (κ2) is 7.75. The van der Waals surface area contributed by atoms with E-state index in [-0.39, 0.29) is 36.4 Å². The van der Waals surface area contributed by atoms with E-state index in [0.717, 1.165) is 43.4 Å². The lowest BCUT2D eigenvalue weighted by molar-refractivity contribution is -0.140. The lowest BCUT2D eigenvalue weighted by Gasteiger charge is -2.33. The summed E-state index contributed by atoms with van der Waals surface area (Å²) in [5, 5.41) is 9.86. The van der Waals surface area contributed by atoms with Crippen LogP contribution in [0, 0.1) is 0 Å². The molecule has 1 aliphatic carbocycles. The quantitative estimate of drug-likeness (QED) is 0.642. The summed E-state index contributed by atoms with van der Waals surface area (Å²) < 4.78 is 0. The van der Waals surface area contributed by atoms with Crippen molar-refractivity contribution in [2.24, 2.45) is 0 Å². The minimum absolute atomic E-state index is 0. The predicted molar refractivity (Wildman–Crippen MR) is 99.1 cm³/mol.